The summed E-state index contributed by atoms with van der Waals surface area (Å²) < 4.78 is 45.5. The second kappa shape index (κ2) is 16.7. The molecule has 1 aliphatic rings. The van der Waals surface area contributed by atoms with Gasteiger partial charge in [0.2, 0.25) is 33.8 Å². The number of methoxy groups -OCH3 is 1. The van der Waals surface area contributed by atoms with Gasteiger partial charge in [-0.3, -0.25) is 19.5 Å². The van der Waals surface area contributed by atoms with Crippen LogP contribution in [0.3, 0.4) is 0 Å². The number of H-pyrrole nitrogens is 1. The summed E-state index contributed by atoms with van der Waals surface area (Å²) in [4.78, 5) is 43.3. The van der Waals surface area contributed by atoms with Crippen LogP contribution < -0.4 is 30.1 Å². The molecule has 3 amide bonds. The number of nitrogens with one attached hydrogen (secondary N) is 5. The Bertz CT molecular complexity index is 2350. The molecule has 1 fully saturated rings. The Hall–Kier alpha value is -5.79. The zero-order valence-electron chi connectivity index (χ0n) is 30.7. The van der Waals surface area contributed by atoms with Crippen molar-refractivity contribution in [1.82, 2.24) is 24.3 Å². The molecule has 6 rings (SSSR count). The predicted octanol–water partition coefficient (Wildman–Crippen LogP) is 6.74. The van der Waals surface area contributed by atoms with Gasteiger partial charge in [0.05, 0.1) is 40.3 Å². The Morgan fingerprint density at radius 1 is 0.909 bits per heavy atom. The lowest BCUT2D eigenvalue weighted by Gasteiger charge is -2.22. The largest absolute Gasteiger partial charge is 0.495 e. The predicted molar refractivity (Wildman–Crippen MR) is 207 cm³/mol. The summed E-state index contributed by atoms with van der Waals surface area (Å²) in [6.45, 7) is 6.07. The van der Waals surface area contributed by atoms with Gasteiger partial charge in [0.1, 0.15) is 11.6 Å². The molecule has 0 bridgehead atoms. The minimum atomic E-state index is -3.80. The number of sulfonamides is 1. The number of carbonyl (C=O) groups is 3. The molecular weight excluding hydrogens is 749 g/mol. The Labute approximate surface area is 320 Å². The molecule has 0 saturated heterocycles. The molecule has 0 aliphatic heterocycles. The van der Waals surface area contributed by atoms with Gasteiger partial charge in [-0.25, -0.2) is 18.1 Å². The van der Waals surface area contributed by atoms with E-state index in [4.69, 9.17) is 9.47 Å². The molecular formula is C36H40N10O7S2. The lowest BCUT2D eigenvalue weighted by Crippen LogP contribution is -2.36. The number of azo groups is 1. The fourth-order valence-electron chi connectivity index (χ4n) is 6.06. The Balaban J connectivity index is 1.36. The number of anilines is 3. The van der Waals surface area contributed by atoms with Crippen molar-refractivity contribution in [2.24, 2.45) is 10.2 Å². The number of carbonyl (C=O) groups excluding carboxylic acids is 3. The zero-order valence-corrected chi connectivity index (χ0v) is 32.4. The molecule has 1 aliphatic carbocycles. The highest BCUT2D eigenvalue weighted by Crippen LogP contribution is 2.42. The van der Waals surface area contributed by atoms with E-state index in [1.807, 2.05) is 13.0 Å². The average molecular weight is 789 g/mol. The van der Waals surface area contributed by atoms with Crippen molar-refractivity contribution in [1.29, 1.82) is 0 Å². The van der Waals surface area contributed by atoms with E-state index < -0.39 is 33.8 Å². The van der Waals surface area contributed by atoms with Crippen LogP contribution in [0.4, 0.5) is 27.8 Å². The van der Waals surface area contributed by atoms with Crippen molar-refractivity contribution in [2.45, 2.75) is 76.8 Å². The van der Waals surface area contributed by atoms with Crippen molar-refractivity contribution in [3.63, 3.8) is 0 Å². The highest BCUT2D eigenvalue weighted by atomic mass is 32.2. The number of ether oxygens (including phenoxy) is 2. The van der Waals surface area contributed by atoms with Crippen LogP contribution in [0, 0.1) is 13.8 Å². The van der Waals surface area contributed by atoms with E-state index in [1.54, 1.807) is 25.1 Å². The highest BCUT2D eigenvalue weighted by molar-refractivity contribution is 7.89. The number of hydrogen-bond acceptors (Lipinski definition) is 13. The number of amides is 3. The third-order valence-electron chi connectivity index (χ3n) is 8.55. The van der Waals surface area contributed by atoms with E-state index in [0.717, 1.165) is 49.2 Å². The van der Waals surface area contributed by atoms with Gasteiger partial charge in [0, 0.05) is 25.3 Å². The van der Waals surface area contributed by atoms with Crippen molar-refractivity contribution in [3.8, 4) is 11.5 Å². The van der Waals surface area contributed by atoms with E-state index in [2.05, 4.69) is 50.5 Å². The molecule has 2 heterocycles. The first kappa shape index (κ1) is 38.9. The van der Waals surface area contributed by atoms with Gasteiger partial charge in [-0.05, 0) is 86.2 Å². The van der Waals surface area contributed by atoms with Gasteiger partial charge >= 0.3 is 0 Å². The second-order valence-electron chi connectivity index (χ2n) is 13.0. The molecule has 17 nitrogen and oxygen atoms in total. The molecule has 2 aromatic heterocycles. The summed E-state index contributed by atoms with van der Waals surface area (Å²) in [5.74, 6) is -0.968. The van der Waals surface area contributed by atoms with Gasteiger partial charge in [-0.1, -0.05) is 25.3 Å². The topological polar surface area (TPSA) is 231 Å². The van der Waals surface area contributed by atoms with Gasteiger partial charge in [0.25, 0.3) is 5.91 Å². The standard InChI is InChI=1S/C36H40N10O7S2/c1-19-11-14-31(52-5)28(15-19)40-35(49)33(34-37-20(2)41-43-34)53-32-29(38-21(3)47)16-24(17-30(32)39-22(4)48)42-44-36-26-18-25(12-13-27(26)45-54-36)55(50,51)46-23-9-7-6-8-10-23/h11-18,23,33,46H,6-10H2,1-5H3,(H,38,47)(H,39,48)(H,40,49)(H,37,41,43). The second-order valence-corrected chi connectivity index (χ2v) is 15.5. The summed E-state index contributed by atoms with van der Waals surface area (Å²) in [7, 11) is -2.32. The number of fused-ring (bicyclic) bond motifs is 1. The van der Waals surface area contributed by atoms with Gasteiger partial charge < -0.3 is 25.4 Å². The van der Waals surface area contributed by atoms with Crippen LogP contribution >= 0.6 is 11.5 Å². The monoisotopic (exact) mass is 788 g/mol. The summed E-state index contributed by atoms with van der Waals surface area (Å²) in [6.07, 6.45) is 3.14. The highest BCUT2D eigenvalue weighted by Gasteiger charge is 2.31. The normalized spacial score (nSPS) is 14.1. The van der Waals surface area contributed by atoms with E-state index in [9.17, 15) is 22.8 Å². The number of benzene rings is 3. The molecule has 1 saturated carbocycles. The molecule has 3 aromatic carbocycles. The molecule has 288 valence electrons. The van der Waals surface area contributed by atoms with Crippen LogP contribution in [0.1, 0.15) is 69.3 Å². The summed E-state index contributed by atoms with van der Waals surface area (Å²) >= 11 is 1.03. The summed E-state index contributed by atoms with van der Waals surface area (Å²) in [5.41, 5.74) is 2.02. The van der Waals surface area contributed by atoms with Crippen LogP contribution in [-0.4, -0.2) is 58.8 Å². The van der Waals surface area contributed by atoms with E-state index in [-0.39, 0.29) is 39.6 Å². The molecule has 0 radical (unpaired) electrons. The number of nitrogens with zero attached hydrogens (tertiary/aromatic N) is 5. The van der Waals surface area contributed by atoms with Crippen molar-refractivity contribution in [3.05, 3.63) is 65.7 Å². The fraction of sp³-hybridized carbons (Fsp3) is 0.333. The maximum absolute atomic E-state index is 13.9. The third-order valence-corrected chi connectivity index (χ3v) is 10.8. The van der Waals surface area contributed by atoms with Gasteiger partial charge in [-0.2, -0.15) is 9.47 Å². The minimum absolute atomic E-state index is 0.0275. The number of aromatic nitrogens is 4. The van der Waals surface area contributed by atoms with E-state index >= 15 is 0 Å². The van der Waals surface area contributed by atoms with E-state index in [0.29, 0.717) is 33.2 Å². The number of rotatable bonds is 13. The Morgan fingerprint density at radius 2 is 1.62 bits per heavy atom. The lowest BCUT2D eigenvalue weighted by atomic mass is 9.96. The maximum Gasteiger partial charge on any atom is 0.273 e. The molecule has 1 atom stereocenters. The van der Waals surface area contributed by atoms with Crippen LogP contribution in [0.25, 0.3) is 10.9 Å². The quantitative estimate of drug-likeness (QED) is 0.0789. The molecule has 5 N–H and O–H groups in total. The Kier molecular flexibility index (Phi) is 11.8. The molecule has 19 heteroatoms. The Morgan fingerprint density at radius 3 is 2.25 bits per heavy atom. The lowest BCUT2D eigenvalue weighted by molar-refractivity contribution is -0.123. The summed E-state index contributed by atoms with van der Waals surface area (Å²) in [5, 5.41) is 24.6. The minimum Gasteiger partial charge on any atom is -0.495 e. The van der Waals surface area contributed by atoms with Crippen molar-refractivity contribution >= 4 is 77.9 Å². The van der Waals surface area contributed by atoms with Crippen LogP contribution in [0.2, 0.25) is 0 Å². The van der Waals surface area contributed by atoms with E-state index in [1.165, 1.54) is 45.2 Å². The van der Waals surface area contributed by atoms with Crippen molar-refractivity contribution in [2.75, 3.05) is 23.1 Å². The average Bonchev–Trinajstić information content (AvgIpc) is 3.75. The van der Waals surface area contributed by atoms with Crippen LogP contribution in [0.15, 0.2) is 63.7 Å². The van der Waals surface area contributed by atoms with Gasteiger partial charge in [-0.15, -0.1) is 10.2 Å². The fourth-order valence-corrected chi connectivity index (χ4v) is 8.07. The summed E-state index contributed by atoms with van der Waals surface area (Å²) in [6, 6.07) is 12.7. The SMILES string of the molecule is COc1ccc(C)cc1NC(=O)C(Oc1c(NC(C)=O)cc(N=Nc2snc3ccc(S(=O)(=O)NC4CCCCC4)cc23)cc1NC(C)=O)c1n[nH]c(C)n1. The van der Waals surface area contributed by atoms with Crippen LogP contribution in [-0.2, 0) is 24.4 Å². The molecule has 5 aromatic rings. The third kappa shape index (κ3) is 9.48. The zero-order chi connectivity index (χ0) is 39.3. The number of hydrogen-bond donors (Lipinski definition) is 5. The van der Waals surface area contributed by atoms with Crippen LogP contribution in [0.5, 0.6) is 11.5 Å². The van der Waals surface area contributed by atoms with Crippen molar-refractivity contribution < 1.29 is 32.3 Å². The first-order valence-electron chi connectivity index (χ1n) is 17.4. The number of aromatic amines is 1. The first-order valence-corrected chi connectivity index (χ1v) is 19.6. The molecule has 0 spiro atoms. The maximum atomic E-state index is 13.9. The van der Waals surface area contributed by atoms with Gasteiger partial charge in [0.15, 0.2) is 10.8 Å². The first-order chi connectivity index (χ1) is 26.3. The molecule has 55 heavy (non-hydrogen) atoms. The number of aryl methyl sites for hydroxylation is 2. The smallest absolute Gasteiger partial charge is 0.273 e. The molecule has 1 unspecified atom stereocenters.